The van der Waals surface area contributed by atoms with Crippen LogP contribution in [0.4, 0.5) is 10.6 Å². The number of nitriles is 1. The molecular formula is C28H45N5O9. The van der Waals surface area contributed by atoms with E-state index in [0.717, 1.165) is 31.2 Å². The Morgan fingerprint density at radius 1 is 1.24 bits per heavy atom. The molecule has 0 saturated carbocycles. The van der Waals surface area contributed by atoms with Crippen LogP contribution in [0.3, 0.4) is 0 Å². The number of carbonyl (C=O) groups is 3. The maximum absolute atomic E-state index is 11.9. The standard InChI is InChI=1S/C18H24N4O6.C5H10O2.C2H4O.C2H6.CHN/c1-4-25-16(23)18(2,3)28-17(24)26-9-11-5-8-14(27-11)12-6-7-13-15(19)20-10-21-22(12)13;1-2-3-4-5(6)7;1-2-3;2*1-2/h6-7,10-11,14H,4-5,8-9H2,1-3H3,(H2,19,20,21);2-4H2,1H3,(H,6,7);2-3H,1H2;1-2H3;1H. The highest BCUT2D eigenvalue weighted by Gasteiger charge is 2.35. The Bertz CT molecular complexity index is 1100. The lowest BCUT2D eigenvalue weighted by Gasteiger charge is -2.22. The minimum Gasteiger partial charge on any atom is -0.516 e. The van der Waals surface area contributed by atoms with E-state index in [0.29, 0.717) is 24.2 Å². The molecule has 1 fully saturated rings. The van der Waals surface area contributed by atoms with Gasteiger partial charge in [-0.15, -0.1) is 0 Å². The van der Waals surface area contributed by atoms with E-state index in [1.54, 1.807) is 11.4 Å². The fraction of sp³-hybridized carbons (Fsp3) is 0.571. The maximum Gasteiger partial charge on any atom is 0.509 e. The van der Waals surface area contributed by atoms with Crippen molar-refractivity contribution in [3.05, 3.63) is 37.0 Å². The summed E-state index contributed by atoms with van der Waals surface area (Å²) in [7, 11) is 0. The average Bonchev–Trinajstić information content (AvgIpc) is 3.61. The number of nitrogens with two attached hydrogens (primary N) is 1. The van der Waals surface area contributed by atoms with E-state index in [1.807, 2.05) is 32.9 Å². The number of aromatic nitrogens is 3. The molecule has 42 heavy (non-hydrogen) atoms. The third-order valence-electron chi connectivity index (χ3n) is 5.19. The van der Waals surface area contributed by atoms with Crippen LogP contribution in [0.15, 0.2) is 31.3 Å². The van der Waals surface area contributed by atoms with Gasteiger partial charge in [-0.3, -0.25) is 4.79 Å². The molecule has 3 rings (SSSR count). The highest BCUT2D eigenvalue weighted by Crippen LogP contribution is 2.34. The number of carboxylic acid groups (broad SMARTS) is 1. The molecule has 0 radical (unpaired) electrons. The predicted octanol–water partition coefficient (Wildman–Crippen LogP) is 5.14. The molecule has 0 aliphatic carbocycles. The molecule has 2 aromatic rings. The van der Waals surface area contributed by atoms with Crippen molar-refractivity contribution in [3.8, 4) is 6.57 Å². The second kappa shape index (κ2) is 22.3. The van der Waals surface area contributed by atoms with Gasteiger partial charge in [0, 0.05) is 13.0 Å². The molecule has 0 aromatic carbocycles. The molecule has 0 spiro atoms. The fourth-order valence-electron chi connectivity index (χ4n) is 3.34. The Morgan fingerprint density at radius 2 is 1.86 bits per heavy atom. The molecule has 2 aromatic heterocycles. The molecule has 1 saturated heterocycles. The van der Waals surface area contributed by atoms with Gasteiger partial charge in [-0.2, -0.15) is 5.10 Å². The zero-order chi connectivity index (χ0) is 32.7. The molecule has 1 aliphatic rings. The van der Waals surface area contributed by atoms with Gasteiger partial charge >= 0.3 is 18.1 Å². The molecule has 14 nitrogen and oxygen atoms in total. The predicted molar refractivity (Wildman–Crippen MR) is 155 cm³/mol. The van der Waals surface area contributed by atoms with E-state index in [9.17, 15) is 14.4 Å². The Morgan fingerprint density at radius 3 is 2.38 bits per heavy atom. The summed E-state index contributed by atoms with van der Waals surface area (Å²) < 4.78 is 22.7. The van der Waals surface area contributed by atoms with Crippen LogP contribution in [0.1, 0.15) is 85.4 Å². The van der Waals surface area contributed by atoms with E-state index in [1.165, 1.54) is 20.2 Å². The van der Waals surface area contributed by atoms with Crippen LogP contribution in [0.5, 0.6) is 0 Å². The second-order valence-corrected chi connectivity index (χ2v) is 8.60. The fourth-order valence-corrected chi connectivity index (χ4v) is 3.34. The monoisotopic (exact) mass is 595 g/mol. The number of fused-ring (bicyclic) bond motifs is 1. The van der Waals surface area contributed by atoms with Gasteiger partial charge in [-0.25, -0.2) is 24.4 Å². The van der Waals surface area contributed by atoms with Gasteiger partial charge in [0.2, 0.25) is 5.60 Å². The zero-order valence-electron chi connectivity index (χ0n) is 25.3. The topological polar surface area (TPSA) is 209 Å². The molecule has 1 aliphatic heterocycles. The summed E-state index contributed by atoms with van der Waals surface area (Å²) in [6.45, 7) is 17.2. The van der Waals surface area contributed by atoms with Crippen molar-refractivity contribution < 1.29 is 43.5 Å². The van der Waals surface area contributed by atoms with Crippen molar-refractivity contribution in [2.45, 2.75) is 91.5 Å². The van der Waals surface area contributed by atoms with E-state index in [-0.39, 0.29) is 25.4 Å². The van der Waals surface area contributed by atoms with Gasteiger partial charge in [0.1, 0.15) is 24.6 Å². The number of rotatable bonds is 9. The first kappa shape index (κ1) is 39.8. The number of carboxylic acids is 1. The Kier molecular flexibility index (Phi) is 21.1. The molecule has 2 unspecified atom stereocenters. The van der Waals surface area contributed by atoms with Crippen LogP contribution in [-0.2, 0) is 28.5 Å². The number of ether oxygens (including phenoxy) is 4. The minimum atomic E-state index is -1.42. The molecule has 0 amide bonds. The number of hydrogen-bond acceptors (Lipinski definition) is 12. The van der Waals surface area contributed by atoms with E-state index >= 15 is 0 Å². The Balaban J connectivity index is 0. The van der Waals surface area contributed by atoms with E-state index < -0.39 is 23.7 Å². The molecule has 236 valence electrons. The van der Waals surface area contributed by atoms with Gasteiger partial charge in [-0.1, -0.05) is 33.8 Å². The van der Waals surface area contributed by atoms with Crippen molar-refractivity contribution in [3.63, 3.8) is 0 Å². The highest BCUT2D eigenvalue weighted by atomic mass is 16.7. The summed E-state index contributed by atoms with van der Waals surface area (Å²) in [5, 5.41) is 26.1. The Labute approximate surface area is 247 Å². The molecule has 4 N–H and O–H groups in total. The number of aliphatic carboxylic acids is 1. The number of nitrogen functional groups attached to an aromatic ring is 1. The summed E-state index contributed by atoms with van der Waals surface area (Å²) in [6, 6.07) is 3.73. The first-order chi connectivity index (χ1) is 20.0. The van der Waals surface area contributed by atoms with Crippen molar-refractivity contribution in [1.29, 1.82) is 5.26 Å². The first-order valence-electron chi connectivity index (χ1n) is 13.5. The number of hydrogen-bond donors (Lipinski definition) is 3. The molecule has 3 heterocycles. The number of esters is 1. The van der Waals surface area contributed by atoms with E-state index in [4.69, 9.17) is 40.2 Å². The SMILES string of the molecule is C#N.C=CO.CC.CCCCC(=O)O.CCOC(=O)C(C)(C)OC(=O)OCC1CCC(c2ccc3c(N)ncnn23)O1. The third-order valence-corrected chi connectivity index (χ3v) is 5.19. The van der Waals surface area contributed by atoms with Crippen molar-refractivity contribution >= 4 is 29.4 Å². The first-order valence-corrected chi connectivity index (χ1v) is 13.5. The largest absolute Gasteiger partial charge is 0.516 e. The van der Waals surface area contributed by atoms with Gasteiger partial charge in [0.25, 0.3) is 0 Å². The molecule has 0 bridgehead atoms. The van der Waals surface area contributed by atoms with Gasteiger partial charge in [0.15, 0.2) is 5.82 Å². The van der Waals surface area contributed by atoms with Crippen LogP contribution < -0.4 is 5.73 Å². The smallest absolute Gasteiger partial charge is 0.509 e. The van der Waals surface area contributed by atoms with Crippen LogP contribution in [0.2, 0.25) is 0 Å². The number of aliphatic hydroxyl groups excluding tert-OH is 1. The average molecular weight is 596 g/mol. The lowest BCUT2D eigenvalue weighted by Crippen LogP contribution is -2.39. The van der Waals surface area contributed by atoms with Crippen molar-refractivity contribution in [2.75, 3.05) is 18.9 Å². The second-order valence-electron chi connectivity index (χ2n) is 8.60. The summed E-state index contributed by atoms with van der Waals surface area (Å²) in [4.78, 5) is 37.4. The summed E-state index contributed by atoms with van der Waals surface area (Å²) >= 11 is 0. The van der Waals surface area contributed by atoms with Gasteiger partial charge in [-0.05, 0) is 52.2 Å². The quantitative estimate of drug-likeness (QED) is 0.253. The van der Waals surface area contributed by atoms with Gasteiger partial charge < -0.3 is 34.9 Å². The zero-order valence-corrected chi connectivity index (χ0v) is 25.3. The van der Waals surface area contributed by atoms with Crippen molar-refractivity contribution in [2.24, 2.45) is 0 Å². The third kappa shape index (κ3) is 14.3. The summed E-state index contributed by atoms with van der Waals surface area (Å²) in [5.41, 5.74) is 6.00. The number of aliphatic hydroxyl groups is 1. The lowest BCUT2D eigenvalue weighted by molar-refractivity contribution is -0.164. The Hall–Kier alpha value is -4.38. The molecule has 2 atom stereocenters. The lowest BCUT2D eigenvalue weighted by atomic mass is 10.1. The highest BCUT2D eigenvalue weighted by molar-refractivity contribution is 5.81. The maximum atomic E-state index is 11.9. The summed E-state index contributed by atoms with van der Waals surface area (Å²) in [5.74, 6) is -0.932. The number of anilines is 1. The van der Waals surface area contributed by atoms with Gasteiger partial charge in [0.05, 0.1) is 24.7 Å². The number of unbranched alkanes of at least 4 members (excludes halogenated alkanes) is 1. The van der Waals surface area contributed by atoms with Crippen LogP contribution >= 0.6 is 0 Å². The van der Waals surface area contributed by atoms with Crippen LogP contribution in [0.25, 0.3) is 5.52 Å². The molecular weight excluding hydrogens is 550 g/mol. The number of nitrogens with zero attached hydrogens (tertiary/aromatic N) is 4. The minimum absolute atomic E-state index is 0.0225. The molecule has 14 heteroatoms. The van der Waals surface area contributed by atoms with E-state index in [2.05, 4.69) is 23.2 Å². The summed E-state index contributed by atoms with van der Waals surface area (Å²) in [6.07, 6.45) is 4.24. The normalized spacial score (nSPS) is 15.0. The van der Waals surface area contributed by atoms with Crippen LogP contribution in [0, 0.1) is 11.8 Å². The number of carbonyl (C=O) groups excluding carboxylic acids is 2. The van der Waals surface area contributed by atoms with Crippen LogP contribution in [-0.4, -0.2) is 67.8 Å². The van der Waals surface area contributed by atoms with Crippen molar-refractivity contribution in [1.82, 2.24) is 14.6 Å².